The first kappa shape index (κ1) is 34.6. The van der Waals surface area contributed by atoms with E-state index in [-0.39, 0.29) is 16.2 Å². The molecule has 0 bridgehead atoms. The normalized spacial score (nSPS) is 16.0. The molecule has 0 heterocycles. The molecule has 0 radical (unpaired) electrons. The molecule has 8 aromatic carbocycles. The van der Waals surface area contributed by atoms with Crippen molar-refractivity contribution in [2.24, 2.45) is 0 Å². The highest BCUT2D eigenvalue weighted by Gasteiger charge is 2.39. The van der Waals surface area contributed by atoms with Crippen molar-refractivity contribution in [2.75, 3.05) is 4.90 Å². The first-order valence-corrected chi connectivity index (χ1v) is 20.3. The molecule has 0 aliphatic heterocycles. The van der Waals surface area contributed by atoms with Gasteiger partial charge in [0, 0.05) is 22.4 Å². The zero-order valence-corrected chi connectivity index (χ0v) is 33.4. The van der Waals surface area contributed by atoms with E-state index in [1.54, 1.807) is 0 Å². The third-order valence-electron chi connectivity index (χ3n) is 13.3. The molecular formula is C55H49N. The number of para-hydroxylation sites is 1. The van der Waals surface area contributed by atoms with Gasteiger partial charge in [-0.1, -0.05) is 163 Å². The maximum absolute atomic E-state index is 2.53. The fourth-order valence-corrected chi connectivity index (χ4v) is 10.00. The van der Waals surface area contributed by atoms with Gasteiger partial charge in [-0.3, -0.25) is 0 Å². The number of benzene rings is 8. The second kappa shape index (κ2) is 12.6. The number of anilines is 3. The third-order valence-corrected chi connectivity index (χ3v) is 13.3. The van der Waals surface area contributed by atoms with Gasteiger partial charge in [-0.15, -0.1) is 0 Å². The Morgan fingerprint density at radius 1 is 0.375 bits per heavy atom. The minimum atomic E-state index is -0.134. The van der Waals surface area contributed by atoms with E-state index in [0.717, 1.165) is 11.4 Å². The summed E-state index contributed by atoms with van der Waals surface area (Å²) in [6.07, 6.45) is 2.39. The van der Waals surface area contributed by atoms with E-state index in [0.29, 0.717) is 0 Å². The van der Waals surface area contributed by atoms with Gasteiger partial charge < -0.3 is 4.90 Å². The van der Waals surface area contributed by atoms with Gasteiger partial charge in [0.2, 0.25) is 0 Å². The van der Waals surface area contributed by atoms with Crippen LogP contribution in [0.25, 0.3) is 54.9 Å². The molecule has 8 aromatic rings. The quantitative estimate of drug-likeness (QED) is 0.160. The molecule has 2 aliphatic rings. The van der Waals surface area contributed by atoms with Crippen LogP contribution in [0.3, 0.4) is 0 Å². The molecule has 10 rings (SSSR count). The number of nitrogens with zero attached hydrogens (tertiary/aromatic N) is 1. The highest BCUT2D eigenvalue weighted by atomic mass is 15.1. The molecular weight excluding hydrogens is 675 g/mol. The van der Waals surface area contributed by atoms with E-state index >= 15 is 0 Å². The van der Waals surface area contributed by atoms with Crippen molar-refractivity contribution in [3.05, 3.63) is 186 Å². The second-order valence-corrected chi connectivity index (χ2v) is 18.0. The second-order valence-electron chi connectivity index (χ2n) is 18.0. The Labute approximate surface area is 332 Å². The predicted octanol–water partition coefficient (Wildman–Crippen LogP) is 15.5. The van der Waals surface area contributed by atoms with Crippen LogP contribution < -0.4 is 4.90 Å². The number of rotatable bonds is 5. The van der Waals surface area contributed by atoms with Crippen LogP contribution in [-0.4, -0.2) is 0 Å². The van der Waals surface area contributed by atoms with Crippen molar-refractivity contribution >= 4 is 38.6 Å². The molecule has 0 spiro atoms. The lowest BCUT2D eigenvalue weighted by atomic mass is 9.63. The molecule has 1 heteroatoms. The molecule has 0 atom stereocenters. The van der Waals surface area contributed by atoms with Crippen LogP contribution in [0.5, 0.6) is 0 Å². The Morgan fingerprint density at radius 3 is 1.75 bits per heavy atom. The average molecular weight is 724 g/mol. The zero-order chi connectivity index (χ0) is 38.4. The average Bonchev–Trinajstić information content (AvgIpc) is 3.45. The van der Waals surface area contributed by atoms with E-state index < -0.39 is 0 Å². The molecule has 0 unspecified atom stereocenters. The van der Waals surface area contributed by atoms with Crippen LogP contribution in [0.15, 0.2) is 164 Å². The summed E-state index contributed by atoms with van der Waals surface area (Å²) in [6.45, 7) is 14.5. The summed E-state index contributed by atoms with van der Waals surface area (Å²) in [4.78, 5) is 2.49. The van der Waals surface area contributed by atoms with Gasteiger partial charge in [0.05, 0.1) is 5.69 Å². The Balaban J connectivity index is 1.20. The van der Waals surface area contributed by atoms with E-state index in [1.807, 2.05) is 0 Å². The topological polar surface area (TPSA) is 3.24 Å². The zero-order valence-electron chi connectivity index (χ0n) is 33.4. The van der Waals surface area contributed by atoms with Gasteiger partial charge in [-0.2, -0.15) is 0 Å². The van der Waals surface area contributed by atoms with Crippen LogP contribution in [0.4, 0.5) is 17.1 Å². The number of fused-ring (bicyclic) bond motifs is 7. The summed E-state index contributed by atoms with van der Waals surface area (Å²) < 4.78 is 0. The van der Waals surface area contributed by atoms with Gasteiger partial charge in [0.1, 0.15) is 0 Å². The summed E-state index contributed by atoms with van der Waals surface area (Å²) in [5, 5.41) is 5.12. The monoisotopic (exact) mass is 723 g/mol. The lowest BCUT2D eigenvalue weighted by Gasteiger charge is -2.42. The van der Waals surface area contributed by atoms with E-state index in [1.165, 1.54) is 95.7 Å². The molecule has 0 fully saturated rings. The van der Waals surface area contributed by atoms with Crippen molar-refractivity contribution in [3.8, 4) is 33.4 Å². The molecule has 0 N–H and O–H groups in total. The maximum atomic E-state index is 2.53. The van der Waals surface area contributed by atoms with Gasteiger partial charge in [-0.05, 0) is 138 Å². The minimum Gasteiger partial charge on any atom is -0.310 e. The Hall–Kier alpha value is -5.92. The van der Waals surface area contributed by atoms with E-state index in [4.69, 9.17) is 0 Å². The molecule has 0 amide bonds. The minimum absolute atomic E-state index is 0.105. The molecule has 0 saturated heterocycles. The maximum Gasteiger partial charge on any atom is 0.0543 e. The highest BCUT2D eigenvalue weighted by molar-refractivity contribution is 6.13. The van der Waals surface area contributed by atoms with Gasteiger partial charge >= 0.3 is 0 Å². The molecule has 0 aromatic heterocycles. The predicted molar refractivity (Wildman–Crippen MR) is 240 cm³/mol. The van der Waals surface area contributed by atoms with Gasteiger partial charge in [-0.25, -0.2) is 0 Å². The fourth-order valence-electron chi connectivity index (χ4n) is 10.00. The van der Waals surface area contributed by atoms with Crippen LogP contribution in [0.2, 0.25) is 0 Å². The molecule has 0 saturated carbocycles. The Bertz CT molecular complexity index is 2820. The first-order chi connectivity index (χ1) is 27.0. The smallest absolute Gasteiger partial charge is 0.0543 e. The number of hydrogen-bond acceptors (Lipinski definition) is 1. The highest BCUT2D eigenvalue weighted by Crippen LogP contribution is 2.54. The van der Waals surface area contributed by atoms with Crippen molar-refractivity contribution in [1.82, 2.24) is 0 Å². The lowest BCUT2D eigenvalue weighted by Crippen LogP contribution is -2.33. The molecule has 274 valence electrons. The van der Waals surface area contributed by atoms with Crippen molar-refractivity contribution < 1.29 is 0 Å². The summed E-state index contributed by atoms with van der Waals surface area (Å²) in [6, 6.07) is 61.6. The van der Waals surface area contributed by atoms with Crippen LogP contribution in [-0.2, 0) is 16.2 Å². The van der Waals surface area contributed by atoms with Gasteiger partial charge in [0.25, 0.3) is 0 Å². The standard InChI is InChI=1S/C55H49N/c1-53(2)30-31-54(3,4)51-33-38(26-29-49(51)53)46-34-47-44-22-14-15-23-48(44)55(5,6)50(47)35-52(46)56(39-17-8-7-9-18-39)40-27-24-36(25-28-40)45-32-37-16-10-11-19-41(37)42-20-12-13-21-43(42)45/h7-29,32-35H,30-31H2,1-6H3. The SMILES string of the molecule is CC1(C)CCC(C)(C)c2cc(-c3cc4c(cc3N(c3ccccc3)c3ccc(-c5cc6ccccc6c6ccccc56)cc3)C(C)(C)c3ccccc3-4)ccc21. The largest absolute Gasteiger partial charge is 0.310 e. The van der Waals surface area contributed by atoms with Crippen molar-refractivity contribution in [3.63, 3.8) is 0 Å². The van der Waals surface area contributed by atoms with Crippen molar-refractivity contribution in [1.29, 1.82) is 0 Å². The van der Waals surface area contributed by atoms with Crippen LogP contribution >= 0.6 is 0 Å². The van der Waals surface area contributed by atoms with Crippen molar-refractivity contribution in [2.45, 2.75) is 70.6 Å². The van der Waals surface area contributed by atoms with E-state index in [9.17, 15) is 0 Å². The van der Waals surface area contributed by atoms with Crippen LogP contribution in [0, 0.1) is 0 Å². The fraction of sp³-hybridized carbons (Fsp3) is 0.200. The Morgan fingerprint density at radius 2 is 0.982 bits per heavy atom. The number of hydrogen-bond donors (Lipinski definition) is 0. The third kappa shape index (κ3) is 5.35. The van der Waals surface area contributed by atoms with E-state index in [2.05, 4.69) is 210 Å². The van der Waals surface area contributed by atoms with Gasteiger partial charge in [0.15, 0.2) is 0 Å². The lowest BCUT2D eigenvalue weighted by molar-refractivity contribution is 0.332. The first-order valence-electron chi connectivity index (χ1n) is 20.3. The molecule has 1 nitrogen and oxygen atoms in total. The van der Waals surface area contributed by atoms with Crippen LogP contribution in [0.1, 0.15) is 76.6 Å². The summed E-state index contributed by atoms with van der Waals surface area (Å²) >= 11 is 0. The Kier molecular flexibility index (Phi) is 7.75. The summed E-state index contributed by atoms with van der Waals surface area (Å²) in [5.41, 5.74) is 17.0. The molecule has 2 aliphatic carbocycles. The summed E-state index contributed by atoms with van der Waals surface area (Å²) in [7, 11) is 0. The molecule has 56 heavy (non-hydrogen) atoms. The summed E-state index contributed by atoms with van der Waals surface area (Å²) in [5.74, 6) is 0.